The summed E-state index contributed by atoms with van der Waals surface area (Å²) in [6, 6.07) is 7.61. The van der Waals surface area contributed by atoms with E-state index in [0.717, 1.165) is 24.3 Å². The lowest BCUT2D eigenvalue weighted by Crippen LogP contribution is -2.12. The second-order valence-corrected chi connectivity index (χ2v) is 7.04. The van der Waals surface area contributed by atoms with E-state index in [1.807, 2.05) is 6.07 Å². The molecule has 1 aliphatic rings. The maximum atomic E-state index is 14.7. The molecular formula is C22H25F3O. The van der Waals surface area contributed by atoms with E-state index in [9.17, 15) is 13.2 Å². The minimum Gasteiger partial charge on any atom is -0.491 e. The molecule has 1 saturated carbocycles. The normalized spacial score (nSPS) is 20.2. The molecule has 2 aromatic rings. The molecule has 0 saturated heterocycles. The summed E-state index contributed by atoms with van der Waals surface area (Å²) in [5.41, 5.74) is 0.952. The first-order valence-corrected chi connectivity index (χ1v) is 9.45. The van der Waals surface area contributed by atoms with Crippen LogP contribution in [0.2, 0.25) is 0 Å². The third-order valence-corrected chi connectivity index (χ3v) is 5.53. The van der Waals surface area contributed by atoms with Crippen LogP contribution in [0, 0.1) is 23.4 Å². The van der Waals surface area contributed by atoms with Gasteiger partial charge >= 0.3 is 0 Å². The van der Waals surface area contributed by atoms with Crippen molar-refractivity contribution in [1.82, 2.24) is 0 Å². The fourth-order valence-electron chi connectivity index (χ4n) is 3.91. The van der Waals surface area contributed by atoms with Crippen LogP contribution in [0.3, 0.4) is 0 Å². The van der Waals surface area contributed by atoms with Crippen LogP contribution in [0.5, 0.6) is 5.75 Å². The molecule has 26 heavy (non-hydrogen) atoms. The minimum absolute atomic E-state index is 0.0790. The van der Waals surface area contributed by atoms with Crippen molar-refractivity contribution in [3.8, 4) is 16.9 Å². The lowest BCUT2D eigenvalue weighted by Gasteiger charge is -2.28. The predicted octanol–water partition coefficient (Wildman–Crippen LogP) is 6.85. The predicted molar refractivity (Wildman–Crippen MR) is 97.9 cm³/mol. The van der Waals surface area contributed by atoms with Crippen molar-refractivity contribution in [2.24, 2.45) is 5.92 Å². The van der Waals surface area contributed by atoms with E-state index in [1.54, 1.807) is 13.0 Å². The monoisotopic (exact) mass is 362 g/mol. The van der Waals surface area contributed by atoms with Crippen molar-refractivity contribution < 1.29 is 17.9 Å². The molecule has 140 valence electrons. The highest BCUT2D eigenvalue weighted by Crippen LogP contribution is 2.39. The van der Waals surface area contributed by atoms with Crippen molar-refractivity contribution in [2.75, 3.05) is 6.61 Å². The number of hydrogen-bond acceptors (Lipinski definition) is 1. The van der Waals surface area contributed by atoms with Gasteiger partial charge in [0.15, 0.2) is 11.6 Å². The van der Waals surface area contributed by atoms with Crippen LogP contribution in [0.15, 0.2) is 30.3 Å². The molecule has 0 heterocycles. The quantitative estimate of drug-likeness (QED) is 0.565. The van der Waals surface area contributed by atoms with Crippen LogP contribution in [-0.2, 0) is 0 Å². The zero-order valence-corrected chi connectivity index (χ0v) is 15.3. The van der Waals surface area contributed by atoms with Gasteiger partial charge in [0.2, 0.25) is 5.82 Å². The van der Waals surface area contributed by atoms with Gasteiger partial charge in [-0.3, -0.25) is 0 Å². The van der Waals surface area contributed by atoms with Crippen LogP contribution in [0.4, 0.5) is 13.2 Å². The van der Waals surface area contributed by atoms with E-state index in [4.69, 9.17) is 4.74 Å². The molecule has 1 nitrogen and oxygen atoms in total. The SMILES string of the molecule is CCOc1ccc(-c2ccc(C3CCC(CC)CC3)cc2F)c(F)c1F. The average molecular weight is 362 g/mol. The number of halogens is 3. The molecule has 4 heteroatoms. The van der Waals surface area contributed by atoms with Crippen molar-refractivity contribution in [1.29, 1.82) is 0 Å². The first-order valence-electron chi connectivity index (χ1n) is 9.45. The number of benzene rings is 2. The van der Waals surface area contributed by atoms with Gasteiger partial charge in [0.05, 0.1) is 6.61 Å². The number of hydrogen-bond donors (Lipinski definition) is 0. The van der Waals surface area contributed by atoms with Gasteiger partial charge in [0, 0.05) is 11.1 Å². The fraction of sp³-hybridized carbons (Fsp3) is 0.455. The molecule has 0 aliphatic heterocycles. The first kappa shape index (κ1) is 18.8. The molecule has 1 fully saturated rings. The summed E-state index contributed by atoms with van der Waals surface area (Å²) >= 11 is 0. The van der Waals surface area contributed by atoms with Crippen molar-refractivity contribution in [3.63, 3.8) is 0 Å². The van der Waals surface area contributed by atoms with Crippen LogP contribution >= 0.6 is 0 Å². The maximum Gasteiger partial charge on any atom is 0.201 e. The average Bonchev–Trinajstić information content (AvgIpc) is 2.66. The lowest BCUT2D eigenvalue weighted by atomic mass is 9.77. The van der Waals surface area contributed by atoms with E-state index in [-0.39, 0.29) is 23.5 Å². The fourth-order valence-corrected chi connectivity index (χ4v) is 3.91. The zero-order chi connectivity index (χ0) is 18.7. The minimum atomic E-state index is -1.08. The van der Waals surface area contributed by atoms with Crippen LogP contribution in [-0.4, -0.2) is 6.61 Å². The largest absolute Gasteiger partial charge is 0.491 e. The van der Waals surface area contributed by atoms with E-state index in [1.165, 1.54) is 37.5 Å². The lowest BCUT2D eigenvalue weighted by molar-refractivity contribution is 0.314. The Kier molecular flexibility index (Phi) is 5.90. The molecule has 0 spiro atoms. The van der Waals surface area contributed by atoms with Crippen LogP contribution < -0.4 is 4.74 Å². The summed E-state index contributed by atoms with van der Waals surface area (Å²) in [4.78, 5) is 0. The molecule has 3 rings (SSSR count). The highest BCUT2D eigenvalue weighted by molar-refractivity contribution is 5.66. The van der Waals surface area contributed by atoms with E-state index in [2.05, 4.69) is 6.92 Å². The standard InChI is InChI=1S/C22H25F3O/c1-3-14-5-7-15(8-6-14)16-9-10-17(19(23)13-16)18-11-12-20(26-4-2)22(25)21(18)24/h9-15H,3-8H2,1-2H3. The van der Waals surface area contributed by atoms with Gasteiger partial charge in [0.25, 0.3) is 0 Å². The van der Waals surface area contributed by atoms with Crippen LogP contribution in [0.1, 0.15) is 57.4 Å². The third kappa shape index (κ3) is 3.74. The van der Waals surface area contributed by atoms with Crippen molar-refractivity contribution >= 4 is 0 Å². The summed E-state index contributed by atoms with van der Waals surface area (Å²) in [6.45, 7) is 4.14. The van der Waals surface area contributed by atoms with Gasteiger partial charge < -0.3 is 4.74 Å². The smallest absolute Gasteiger partial charge is 0.201 e. The molecular weight excluding hydrogens is 337 g/mol. The third-order valence-electron chi connectivity index (χ3n) is 5.53. The topological polar surface area (TPSA) is 9.23 Å². The van der Waals surface area contributed by atoms with Crippen molar-refractivity contribution in [3.05, 3.63) is 53.3 Å². The Morgan fingerprint density at radius 2 is 1.58 bits per heavy atom. The Morgan fingerprint density at radius 3 is 2.19 bits per heavy atom. The molecule has 1 aliphatic carbocycles. The van der Waals surface area contributed by atoms with Crippen LogP contribution in [0.25, 0.3) is 11.1 Å². The Morgan fingerprint density at radius 1 is 0.885 bits per heavy atom. The maximum absolute atomic E-state index is 14.7. The molecule has 0 aromatic heterocycles. The van der Waals surface area contributed by atoms with E-state index < -0.39 is 17.5 Å². The van der Waals surface area contributed by atoms with Gasteiger partial charge in [-0.2, -0.15) is 4.39 Å². The number of ether oxygens (including phenoxy) is 1. The molecule has 0 amide bonds. The van der Waals surface area contributed by atoms with Gasteiger partial charge in [-0.25, -0.2) is 8.78 Å². The summed E-state index contributed by atoms with van der Waals surface area (Å²) in [5, 5.41) is 0. The summed E-state index contributed by atoms with van der Waals surface area (Å²) in [7, 11) is 0. The first-order chi connectivity index (χ1) is 12.5. The second-order valence-electron chi connectivity index (χ2n) is 7.04. The van der Waals surface area contributed by atoms with Gasteiger partial charge in [-0.1, -0.05) is 25.5 Å². The van der Waals surface area contributed by atoms with Crippen molar-refractivity contribution in [2.45, 2.75) is 51.9 Å². The highest BCUT2D eigenvalue weighted by Gasteiger charge is 2.23. The molecule has 2 aromatic carbocycles. The highest BCUT2D eigenvalue weighted by atomic mass is 19.2. The van der Waals surface area contributed by atoms with E-state index >= 15 is 0 Å². The van der Waals surface area contributed by atoms with Gasteiger partial charge in [0.1, 0.15) is 5.82 Å². The molecule has 0 radical (unpaired) electrons. The second kappa shape index (κ2) is 8.15. The van der Waals surface area contributed by atoms with Gasteiger partial charge in [-0.15, -0.1) is 0 Å². The summed E-state index contributed by atoms with van der Waals surface area (Å²) < 4.78 is 48.2. The van der Waals surface area contributed by atoms with E-state index in [0.29, 0.717) is 5.92 Å². The molecule has 0 N–H and O–H groups in total. The Bertz CT molecular complexity index is 764. The Balaban J connectivity index is 1.85. The number of rotatable bonds is 5. The molecule has 0 atom stereocenters. The Hall–Kier alpha value is -1.97. The molecule has 0 bridgehead atoms. The Labute approximate surface area is 153 Å². The zero-order valence-electron chi connectivity index (χ0n) is 15.3. The summed E-state index contributed by atoms with van der Waals surface area (Å²) in [5.74, 6) is -1.70. The summed E-state index contributed by atoms with van der Waals surface area (Å²) in [6.07, 6.45) is 5.65. The molecule has 0 unspecified atom stereocenters. The van der Waals surface area contributed by atoms with Gasteiger partial charge in [-0.05, 0) is 68.2 Å².